The number of aromatic nitrogens is 2. The van der Waals surface area contributed by atoms with Crippen LogP contribution >= 0.6 is 0 Å². The molecule has 0 saturated heterocycles. The molecular weight excluding hydrogens is 454 g/mol. The largest absolute Gasteiger partial charge is 0.477 e. The Morgan fingerprint density at radius 3 is 2.08 bits per heavy atom. The van der Waals surface area contributed by atoms with Crippen LogP contribution in [0.3, 0.4) is 0 Å². The zero-order valence-corrected chi connectivity index (χ0v) is 20.4. The number of carboxylic acid groups (broad SMARTS) is 1. The monoisotopic (exact) mass is 481 g/mol. The average Bonchev–Trinajstić information content (AvgIpc) is 3.42. The summed E-state index contributed by atoms with van der Waals surface area (Å²) in [5.74, 6) is -1.25. The fourth-order valence-corrected chi connectivity index (χ4v) is 4.65. The highest BCUT2D eigenvalue weighted by molar-refractivity contribution is 5.98. The van der Waals surface area contributed by atoms with Crippen LogP contribution in [0.1, 0.15) is 53.7 Å². The van der Waals surface area contributed by atoms with E-state index in [0.29, 0.717) is 5.69 Å². The number of hydrogen-bond donors (Lipinski definition) is 2. The summed E-state index contributed by atoms with van der Waals surface area (Å²) < 4.78 is 7.02. The van der Waals surface area contributed by atoms with Crippen molar-refractivity contribution in [3.05, 3.63) is 101 Å². The summed E-state index contributed by atoms with van der Waals surface area (Å²) in [6.45, 7) is 6.46. The molecule has 7 nitrogen and oxygen atoms in total. The lowest BCUT2D eigenvalue weighted by Crippen LogP contribution is -2.21. The number of rotatable bonds is 5. The van der Waals surface area contributed by atoms with Gasteiger partial charge in [0.15, 0.2) is 5.82 Å². The number of aromatic carboxylic acids is 1. The van der Waals surface area contributed by atoms with Crippen molar-refractivity contribution in [1.29, 1.82) is 0 Å². The van der Waals surface area contributed by atoms with Crippen LogP contribution in [0.5, 0.6) is 0 Å². The number of carboxylic acids is 1. The Bertz CT molecular complexity index is 1400. The lowest BCUT2D eigenvalue weighted by atomic mass is 9.87. The van der Waals surface area contributed by atoms with Gasteiger partial charge in [0.05, 0.1) is 11.9 Å². The van der Waals surface area contributed by atoms with E-state index in [-0.39, 0.29) is 29.3 Å². The summed E-state index contributed by atoms with van der Waals surface area (Å²) >= 11 is 0. The van der Waals surface area contributed by atoms with Crippen LogP contribution in [0.25, 0.3) is 16.8 Å². The minimum atomic E-state index is -1.19. The van der Waals surface area contributed by atoms with Crippen molar-refractivity contribution in [2.24, 2.45) is 0 Å². The standard InChI is InChI=1S/C29H27N3O4/c1-29(2,3)18-12-14-19(15-13-18)32-26(24(16-30-32)27(33)34)31-28(35)36-17-25-22-10-6-4-8-20(22)21-9-5-7-11-23(21)25/h4-16,25H,17H2,1-3H3,(H,31,35)(H,33,34). The van der Waals surface area contributed by atoms with E-state index in [1.807, 2.05) is 60.7 Å². The van der Waals surface area contributed by atoms with Gasteiger partial charge in [-0.05, 0) is 45.4 Å². The van der Waals surface area contributed by atoms with Gasteiger partial charge in [-0.2, -0.15) is 5.10 Å². The van der Waals surface area contributed by atoms with Gasteiger partial charge < -0.3 is 9.84 Å². The van der Waals surface area contributed by atoms with Crippen molar-refractivity contribution in [2.75, 3.05) is 11.9 Å². The van der Waals surface area contributed by atoms with Crippen molar-refractivity contribution in [3.63, 3.8) is 0 Å². The Hall–Kier alpha value is -4.39. The van der Waals surface area contributed by atoms with E-state index >= 15 is 0 Å². The molecule has 0 atom stereocenters. The van der Waals surface area contributed by atoms with Crippen molar-refractivity contribution in [2.45, 2.75) is 32.1 Å². The number of benzene rings is 3. The molecule has 0 radical (unpaired) electrons. The molecule has 0 bridgehead atoms. The first-order chi connectivity index (χ1) is 17.2. The third-order valence-corrected chi connectivity index (χ3v) is 6.54. The second-order valence-corrected chi connectivity index (χ2v) is 9.87. The Morgan fingerprint density at radius 2 is 1.53 bits per heavy atom. The van der Waals surface area contributed by atoms with Crippen molar-refractivity contribution in [1.82, 2.24) is 9.78 Å². The number of nitrogens with zero attached hydrogens (tertiary/aromatic N) is 2. The van der Waals surface area contributed by atoms with Crippen molar-refractivity contribution in [3.8, 4) is 16.8 Å². The van der Waals surface area contributed by atoms with E-state index in [4.69, 9.17) is 4.74 Å². The maximum atomic E-state index is 12.9. The van der Waals surface area contributed by atoms with Gasteiger partial charge in [-0.15, -0.1) is 0 Å². The molecule has 0 fully saturated rings. The second-order valence-electron chi connectivity index (χ2n) is 9.87. The minimum Gasteiger partial charge on any atom is -0.477 e. The molecule has 4 aromatic rings. The highest BCUT2D eigenvalue weighted by atomic mass is 16.5. The Morgan fingerprint density at radius 1 is 0.944 bits per heavy atom. The topological polar surface area (TPSA) is 93.5 Å². The summed E-state index contributed by atoms with van der Waals surface area (Å²) in [6, 6.07) is 23.8. The van der Waals surface area contributed by atoms with Crippen LogP contribution in [0.15, 0.2) is 79.0 Å². The zero-order valence-electron chi connectivity index (χ0n) is 20.4. The highest BCUT2D eigenvalue weighted by Crippen LogP contribution is 2.44. The minimum absolute atomic E-state index is 0.0305. The van der Waals surface area contributed by atoms with Gasteiger partial charge >= 0.3 is 12.1 Å². The van der Waals surface area contributed by atoms with Gasteiger partial charge in [-0.3, -0.25) is 5.32 Å². The van der Waals surface area contributed by atoms with Crippen LogP contribution < -0.4 is 5.32 Å². The molecule has 1 aliphatic rings. The van der Waals surface area contributed by atoms with Crippen LogP contribution in [0, 0.1) is 0 Å². The molecule has 5 rings (SSSR count). The van der Waals surface area contributed by atoms with Gasteiger partial charge in [0.25, 0.3) is 0 Å². The molecule has 1 heterocycles. The van der Waals surface area contributed by atoms with Gasteiger partial charge in [-0.1, -0.05) is 81.4 Å². The average molecular weight is 482 g/mol. The number of ether oxygens (including phenoxy) is 1. The first kappa shape index (κ1) is 23.4. The third kappa shape index (κ3) is 4.24. The fourth-order valence-electron chi connectivity index (χ4n) is 4.65. The molecule has 36 heavy (non-hydrogen) atoms. The predicted octanol–water partition coefficient (Wildman–Crippen LogP) is 6.23. The van der Waals surface area contributed by atoms with Crippen molar-refractivity contribution < 1.29 is 19.4 Å². The number of amides is 1. The summed E-state index contributed by atoms with van der Waals surface area (Å²) in [6.07, 6.45) is 0.478. The van der Waals surface area contributed by atoms with Gasteiger partial charge in [0.1, 0.15) is 12.2 Å². The van der Waals surface area contributed by atoms with Crippen LogP contribution in [-0.4, -0.2) is 33.6 Å². The Kier molecular flexibility index (Phi) is 5.84. The molecule has 1 amide bonds. The summed E-state index contributed by atoms with van der Waals surface area (Å²) in [7, 11) is 0. The van der Waals surface area contributed by atoms with Crippen LogP contribution in [-0.2, 0) is 10.2 Å². The Labute approximate surface area is 209 Å². The zero-order chi connectivity index (χ0) is 25.4. The van der Waals surface area contributed by atoms with Crippen LogP contribution in [0.4, 0.5) is 10.6 Å². The number of nitrogens with one attached hydrogen (secondary N) is 1. The quantitative estimate of drug-likeness (QED) is 0.352. The maximum absolute atomic E-state index is 12.9. The molecule has 1 aliphatic carbocycles. The van der Waals surface area contributed by atoms with Crippen LogP contribution in [0.2, 0.25) is 0 Å². The molecule has 2 N–H and O–H groups in total. The molecular formula is C29H27N3O4. The van der Waals surface area contributed by atoms with E-state index in [9.17, 15) is 14.7 Å². The predicted molar refractivity (Wildman–Crippen MR) is 138 cm³/mol. The first-order valence-electron chi connectivity index (χ1n) is 11.8. The summed E-state index contributed by atoms with van der Waals surface area (Å²) in [5.41, 5.74) is 6.07. The molecule has 0 saturated carbocycles. The highest BCUT2D eigenvalue weighted by Gasteiger charge is 2.29. The van der Waals surface area contributed by atoms with Crippen molar-refractivity contribution >= 4 is 17.9 Å². The maximum Gasteiger partial charge on any atom is 0.412 e. The molecule has 3 aromatic carbocycles. The third-order valence-electron chi connectivity index (χ3n) is 6.54. The molecule has 0 spiro atoms. The van der Waals surface area contributed by atoms with Gasteiger partial charge in [0.2, 0.25) is 0 Å². The second kappa shape index (κ2) is 9.00. The van der Waals surface area contributed by atoms with E-state index < -0.39 is 12.1 Å². The Balaban J connectivity index is 1.37. The van der Waals surface area contributed by atoms with Gasteiger partial charge in [-0.25, -0.2) is 14.3 Å². The number of anilines is 1. The SMILES string of the molecule is CC(C)(C)c1ccc(-n2ncc(C(=O)O)c2NC(=O)OCC2c3ccccc3-c3ccccc32)cc1. The van der Waals surface area contributed by atoms with E-state index in [2.05, 4.69) is 43.3 Å². The molecule has 0 aliphatic heterocycles. The summed E-state index contributed by atoms with van der Waals surface area (Å²) in [5, 5.41) is 16.5. The molecule has 182 valence electrons. The molecule has 1 aromatic heterocycles. The normalized spacial score (nSPS) is 12.6. The number of carbonyl (C=O) groups is 2. The number of hydrogen-bond acceptors (Lipinski definition) is 4. The fraction of sp³-hybridized carbons (Fsp3) is 0.207. The van der Waals surface area contributed by atoms with E-state index in [1.54, 1.807) is 0 Å². The smallest absolute Gasteiger partial charge is 0.412 e. The number of fused-ring (bicyclic) bond motifs is 3. The molecule has 7 heteroatoms. The number of carbonyl (C=O) groups excluding carboxylic acids is 1. The summed E-state index contributed by atoms with van der Waals surface area (Å²) in [4.78, 5) is 24.7. The lowest BCUT2D eigenvalue weighted by molar-refractivity contribution is 0.0698. The lowest BCUT2D eigenvalue weighted by Gasteiger charge is -2.19. The van der Waals surface area contributed by atoms with E-state index in [0.717, 1.165) is 27.8 Å². The van der Waals surface area contributed by atoms with Gasteiger partial charge in [0, 0.05) is 5.92 Å². The first-order valence-corrected chi connectivity index (χ1v) is 11.8. The molecule has 0 unspecified atom stereocenters. The van der Waals surface area contributed by atoms with E-state index in [1.165, 1.54) is 10.9 Å².